The monoisotopic (exact) mass is 1850 g/mol. The third-order valence-electron chi connectivity index (χ3n) is 26.1. The van der Waals surface area contributed by atoms with Gasteiger partial charge in [0.1, 0.15) is 0 Å². The second-order valence-electron chi connectivity index (χ2n) is 38.4. The van der Waals surface area contributed by atoms with Gasteiger partial charge < -0.3 is 47.4 Å². The minimum absolute atomic E-state index is 0.193. The summed E-state index contributed by atoms with van der Waals surface area (Å²) in [7, 11) is 3.01. The molecule has 4 aromatic carbocycles. The highest BCUT2D eigenvalue weighted by molar-refractivity contribution is 6.11. The molecule has 0 saturated carbocycles. The largest absolute Gasteiger partial charge is 0.493 e. The number of ether oxygens (including phenoxy) is 10. The molecule has 0 atom stereocenters. The van der Waals surface area contributed by atoms with E-state index >= 15 is 0 Å². The minimum Gasteiger partial charge on any atom is -0.493 e. The lowest BCUT2D eigenvalue weighted by Crippen LogP contribution is -2.12. The van der Waals surface area contributed by atoms with Gasteiger partial charge in [-0.25, -0.2) is 9.59 Å². The molecule has 133 heavy (non-hydrogen) atoms. The second kappa shape index (κ2) is 85.5. The molecule has 0 unspecified atom stereocenters. The summed E-state index contributed by atoms with van der Waals surface area (Å²) in [5, 5.41) is 0. The van der Waals surface area contributed by atoms with E-state index in [2.05, 4.69) is 41.5 Å². The second-order valence-corrected chi connectivity index (χ2v) is 38.4. The first kappa shape index (κ1) is 118. The number of esters is 2. The van der Waals surface area contributed by atoms with Crippen LogP contribution in [0.5, 0.6) is 57.5 Å². The van der Waals surface area contributed by atoms with Gasteiger partial charge in [0.15, 0.2) is 57.6 Å². The number of carbonyl (C=O) groups excluding carboxylic acids is 4. The van der Waals surface area contributed by atoms with Crippen molar-refractivity contribution >= 4 is 35.7 Å². The maximum atomic E-state index is 14.6. The van der Waals surface area contributed by atoms with E-state index in [-0.39, 0.29) is 40.5 Å². The zero-order chi connectivity index (χ0) is 95.2. The van der Waals surface area contributed by atoms with E-state index < -0.39 is 23.5 Å². The summed E-state index contributed by atoms with van der Waals surface area (Å²) in [4.78, 5) is 56.1. The van der Waals surface area contributed by atoms with Crippen LogP contribution >= 0.6 is 0 Å². The fourth-order valence-electron chi connectivity index (χ4n) is 17.6. The Bertz CT molecular complexity index is 3210. The number of allylic oxidation sites excluding steroid dienone is 2. The molecule has 4 aromatic rings. The van der Waals surface area contributed by atoms with Gasteiger partial charge in [0.2, 0.25) is 11.5 Å². The number of unbranched alkanes of at least 4 members (excludes halogenated alkanes) is 66. The molecule has 14 heteroatoms. The van der Waals surface area contributed by atoms with Crippen LogP contribution in [0.25, 0.3) is 12.2 Å². The normalized spacial score (nSPS) is 11.5. The molecular weight excluding hydrogens is 1650 g/mol. The molecule has 4 rings (SSSR count). The van der Waals surface area contributed by atoms with E-state index in [1.165, 1.54) is 386 Å². The van der Waals surface area contributed by atoms with E-state index in [1.54, 1.807) is 72.8 Å². The SMILES string of the molecule is CCCCCCCCCCCCCCOc1cc(C(=O)Oc2ccc(/C=C/C(=O)CC(=O)/C=C/c3ccc(OC(=O)c4cc(OCCCCCCCCCCCCCC)c(OCCCCCCCCCCCCCC)c(OCCCCCCCCCCCCCC)c4)c(OC)c3)cc2OC)cc(OCCCCCCCCCCCCCC)c1OCCCCCCCCCCCCCC. The summed E-state index contributed by atoms with van der Waals surface area (Å²) in [5.74, 6) is 1.89. The first-order chi connectivity index (χ1) is 65.5. The molecule has 756 valence electrons. The van der Waals surface area contributed by atoms with Crippen molar-refractivity contribution in [3.63, 3.8) is 0 Å². The highest BCUT2D eigenvalue weighted by atomic mass is 16.6. The van der Waals surface area contributed by atoms with Gasteiger partial charge in [-0.3, -0.25) is 9.59 Å². The predicted molar refractivity (Wildman–Crippen MR) is 561 cm³/mol. The summed E-state index contributed by atoms with van der Waals surface area (Å²) in [6.45, 7) is 16.6. The van der Waals surface area contributed by atoms with Gasteiger partial charge in [0.25, 0.3) is 0 Å². The number of hydrogen-bond acceptors (Lipinski definition) is 14. The molecule has 0 saturated heterocycles. The van der Waals surface area contributed by atoms with Crippen molar-refractivity contribution < 1.29 is 66.5 Å². The Morgan fingerprint density at radius 1 is 0.211 bits per heavy atom. The van der Waals surface area contributed by atoms with Crippen LogP contribution < -0.4 is 47.4 Å². The van der Waals surface area contributed by atoms with E-state index in [1.807, 2.05) is 0 Å². The number of rotatable bonds is 96. The Kier molecular flexibility index (Phi) is 76.0. The Morgan fingerprint density at radius 2 is 0.391 bits per heavy atom. The van der Waals surface area contributed by atoms with Crippen LogP contribution in [0.1, 0.15) is 542 Å². The zero-order valence-electron chi connectivity index (χ0n) is 86.7. The Balaban J connectivity index is 1.50. The van der Waals surface area contributed by atoms with Crippen molar-refractivity contribution in [3.8, 4) is 57.5 Å². The number of hydrogen-bond donors (Lipinski definition) is 0. The standard InChI is InChI=1S/C119H196O14/c1-9-15-21-27-33-39-45-51-57-63-69-75-89-126-112-97-104(98-113(127-90-76-70-64-58-52-46-40-34-28-22-16-10-2)116(112)130-93-79-73-67-61-55-49-43-37-31-25-19-13-5)118(122)132-108-87-83-102(95-110(108)124-7)81-85-106(120)101-107(121)86-82-103-84-88-109(111(96-103)125-8)133-119(123)105-99-114(128-91-77-71-65-59-53-47-41-35-29-23-17-11-3)117(131-94-80-74-68-62-56-50-44-38-32-26-20-14-6)115(100-105)129-92-78-72-66-60-54-48-42-36-30-24-18-12-4/h81-88,95-100H,9-80,89-94,101H2,1-8H3/b85-81+,86-82+. The minimum atomic E-state index is -0.611. The number of carbonyl (C=O) groups is 4. The molecular formula is C119H196O14. The zero-order valence-corrected chi connectivity index (χ0v) is 86.7. The number of methoxy groups -OCH3 is 2. The average molecular weight is 1850 g/mol. The molecule has 0 bridgehead atoms. The van der Waals surface area contributed by atoms with E-state index in [9.17, 15) is 19.2 Å². The number of benzene rings is 4. The molecule has 0 aliphatic carbocycles. The predicted octanol–water partition coefficient (Wildman–Crippen LogP) is 36.9. The highest BCUT2D eigenvalue weighted by Crippen LogP contribution is 2.43. The molecule has 0 aromatic heterocycles. The lowest BCUT2D eigenvalue weighted by molar-refractivity contribution is -0.121. The van der Waals surface area contributed by atoms with Crippen molar-refractivity contribution in [2.24, 2.45) is 0 Å². The fourth-order valence-corrected chi connectivity index (χ4v) is 17.6. The third-order valence-corrected chi connectivity index (χ3v) is 26.1. The van der Waals surface area contributed by atoms with Crippen LogP contribution in [-0.2, 0) is 9.59 Å². The maximum absolute atomic E-state index is 14.6. The van der Waals surface area contributed by atoms with Crippen molar-refractivity contribution in [2.75, 3.05) is 53.9 Å². The van der Waals surface area contributed by atoms with Crippen molar-refractivity contribution in [3.05, 3.63) is 95.1 Å². The van der Waals surface area contributed by atoms with E-state index in [4.69, 9.17) is 47.4 Å². The Hall–Kier alpha value is -6.96. The van der Waals surface area contributed by atoms with Gasteiger partial charge in [-0.15, -0.1) is 0 Å². The quantitative estimate of drug-likeness (QED) is 0.0135. The van der Waals surface area contributed by atoms with Gasteiger partial charge in [-0.2, -0.15) is 0 Å². The average Bonchev–Trinajstić information content (AvgIpc) is 0.810. The molecule has 0 aliphatic rings. The smallest absolute Gasteiger partial charge is 0.343 e. The van der Waals surface area contributed by atoms with Crippen molar-refractivity contribution in [1.29, 1.82) is 0 Å². The molecule has 0 heterocycles. The Morgan fingerprint density at radius 3 is 0.579 bits per heavy atom. The highest BCUT2D eigenvalue weighted by Gasteiger charge is 2.25. The van der Waals surface area contributed by atoms with E-state index in [0.717, 1.165) is 103 Å². The van der Waals surface area contributed by atoms with Gasteiger partial charge in [-0.1, -0.05) is 490 Å². The number of ketones is 2. The molecule has 0 radical (unpaired) electrons. The fraction of sp³-hybridized carbons (Fsp3) is 0.731. The summed E-state index contributed by atoms with van der Waals surface area (Å²) < 4.78 is 63.9. The first-order valence-electron chi connectivity index (χ1n) is 55.9. The van der Waals surface area contributed by atoms with Crippen LogP contribution in [0.2, 0.25) is 0 Å². The molecule has 0 fully saturated rings. The van der Waals surface area contributed by atoms with Crippen molar-refractivity contribution in [2.45, 2.75) is 510 Å². The van der Waals surface area contributed by atoms with Crippen LogP contribution in [0, 0.1) is 0 Å². The van der Waals surface area contributed by atoms with Crippen molar-refractivity contribution in [1.82, 2.24) is 0 Å². The lowest BCUT2D eigenvalue weighted by Gasteiger charge is -2.19. The van der Waals surface area contributed by atoms with Crippen LogP contribution in [0.3, 0.4) is 0 Å². The summed E-state index contributed by atoms with van der Waals surface area (Å²) in [6, 6.07) is 17.1. The van der Waals surface area contributed by atoms with Gasteiger partial charge in [-0.05, 0) is 110 Å². The molecule has 0 amide bonds. The van der Waals surface area contributed by atoms with Crippen LogP contribution in [0.15, 0.2) is 72.8 Å². The lowest BCUT2D eigenvalue weighted by atomic mass is 10.1. The summed E-state index contributed by atoms with van der Waals surface area (Å²) >= 11 is 0. The molecule has 0 spiro atoms. The van der Waals surface area contributed by atoms with Crippen LogP contribution in [0.4, 0.5) is 0 Å². The first-order valence-corrected chi connectivity index (χ1v) is 55.9. The summed E-state index contributed by atoms with van der Waals surface area (Å²) in [6.07, 6.45) is 95.2. The topological polar surface area (TPSA) is 161 Å². The van der Waals surface area contributed by atoms with Gasteiger partial charge >= 0.3 is 11.9 Å². The third kappa shape index (κ3) is 61.8. The van der Waals surface area contributed by atoms with Crippen LogP contribution in [-0.4, -0.2) is 77.4 Å². The molecule has 14 nitrogen and oxygen atoms in total. The summed E-state index contributed by atoms with van der Waals surface area (Å²) in [5.41, 5.74) is 1.73. The maximum Gasteiger partial charge on any atom is 0.343 e. The van der Waals surface area contributed by atoms with Gasteiger partial charge in [0.05, 0.1) is 71.4 Å². The Labute approximate surface area is 814 Å². The molecule has 0 N–H and O–H groups in total. The van der Waals surface area contributed by atoms with E-state index in [0.29, 0.717) is 85.3 Å². The molecule has 0 aliphatic heterocycles. The van der Waals surface area contributed by atoms with Gasteiger partial charge in [0, 0.05) is 0 Å².